The van der Waals surface area contributed by atoms with Crippen LogP contribution < -0.4 is 10.1 Å². The smallest absolute Gasteiger partial charge is 0.291 e. The summed E-state index contributed by atoms with van der Waals surface area (Å²) >= 11 is 6.00. The third kappa shape index (κ3) is 3.85. The van der Waals surface area contributed by atoms with Crippen LogP contribution in [0.4, 0.5) is 5.69 Å². The maximum Gasteiger partial charge on any atom is 0.291 e. The Morgan fingerprint density at radius 3 is 2.45 bits per heavy atom. The number of carbonyl (C=O) groups is 2. The standard InChI is InChI=1S/C26H18ClNO5/c1-14-20-9-6-18(28-26(30)23-12-16-11-17(27)5-10-21(16)32-23)13-22(20)33-25(14)24(29)15-3-7-19(31-2)8-4-15/h3-13H,1-2H3,(H,28,30). The van der Waals surface area contributed by atoms with Gasteiger partial charge < -0.3 is 18.9 Å². The number of methoxy groups -OCH3 is 1. The van der Waals surface area contributed by atoms with E-state index in [1.807, 2.05) is 13.0 Å². The van der Waals surface area contributed by atoms with Gasteiger partial charge in [-0.1, -0.05) is 11.6 Å². The number of hydrogen-bond acceptors (Lipinski definition) is 5. The van der Waals surface area contributed by atoms with Crippen molar-refractivity contribution in [2.24, 2.45) is 0 Å². The van der Waals surface area contributed by atoms with Crippen LogP contribution in [0.3, 0.4) is 0 Å². The third-order valence-electron chi connectivity index (χ3n) is 5.46. The van der Waals surface area contributed by atoms with E-state index in [9.17, 15) is 9.59 Å². The minimum Gasteiger partial charge on any atom is -0.497 e. The number of rotatable bonds is 5. The molecule has 7 heteroatoms. The largest absolute Gasteiger partial charge is 0.497 e. The molecule has 33 heavy (non-hydrogen) atoms. The molecule has 0 aliphatic rings. The van der Waals surface area contributed by atoms with E-state index in [4.69, 9.17) is 25.2 Å². The topological polar surface area (TPSA) is 81.7 Å². The van der Waals surface area contributed by atoms with Crippen LogP contribution in [0, 0.1) is 6.92 Å². The third-order valence-corrected chi connectivity index (χ3v) is 5.69. The summed E-state index contributed by atoms with van der Waals surface area (Å²) in [4.78, 5) is 25.7. The second-order valence-corrected chi connectivity index (χ2v) is 8.01. The van der Waals surface area contributed by atoms with Gasteiger partial charge in [0.25, 0.3) is 5.91 Å². The minimum atomic E-state index is -0.403. The number of halogens is 1. The van der Waals surface area contributed by atoms with Gasteiger partial charge in [0.05, 0.1) is 7.11 Å². The molecule has 0 aliphatic heterocycles. The highest BCUT2D eigenvalue weighted by Gasteiger charge is 2.20. The van der Waals surface area contributed by atoms with Crippen molar-refractivity contribution in [3.05, 3.63) is 94.4 Å². The average Bonchev–Trinajstić information content (AvgIpc) is 3.39. The van der Waals surface area contributed by atoms with Gasteiger partial charge in [-0.15, -0.1) is 0 Å². The van der Waals surface area contributed by atoms with E-state index in [1.165, 1.54) is 0 Å². The number of hydrogen-bond donors (Lipinski definition) is 1. The van der Waals surface area contributed by atoms with Crippen LogP contribution in [0.25, 0.3) is 21.9 Å². The summed E-state index contributed by atoms with van der Waals surface area (Å²) in [5, 5.41) is 4.90. The lowest BCUT2D eigenvalue weighted by Crippen LogP contribution is -2.10. The summed E-state index contributed by atoms with van der Waals surface area (Å²) in [6.45, 7) is 1.83. The molecule has 1 N–H and O–H groups in total. The fourth-order valence-electron chi connectivity index (χ4n) is 3.71. The van der Waals surface area contributed by atoms with Crippen LogP contribution >= 0.6 is 11.6 Å². The van der Waals surface area contributed by atoms with Crippen molar-refractivity contribution in [2.45, 2.75) is 6.92 Å². The molecule has 5 rings (SSSR count). The molecule has 3 aromatic carbocycles. The zero-order valence-corrected chi connectivity index (χ0v) is 18.5. The lowest BCUT2D eigenvalue weighted by molar-refractivity contribution is 0.0995. The van der Waals surface area contributed by atoms with Crippen molar-refractivity contribution < 1.29 is 23.2 Å². The zero-order valence-electron chi connectivity index (χ0n) is 17.8. The summed E-state index contributed by atoms with van der Waals surface area (Å²) in [7, 11) is 1.57. The van der Waals surface area contributed by atoms with E-state index in [-0.39, 0.29) is 17.3 Å². The molecule has 2 heterocycles. The van der Waals surface area contributed by atoms with Crippen molar-refractivity contribution in [3.8, 4) is 5.75 Å². The highest BCUT2D eigenvalue weighted by atomic mass is 35.5. The highest BCUT2D eigenvalue weighted by molar-refractivity contribution is 6.31. The van der Waals surface area contributed by atoms with Gasteiger partial charge in [0, 0.05) is 38.7 Å². The number of ketones is 1. The average molecular weight is 460 g/mol. The number of benzene rings is 3. The number of fused-ring (bicyclic) bond motifs is 2. The Hall–Kier alpha value is -4.03. The molecule has 0 spiro atoms. The highest BCUT2D eigenvalue weighted by Crippen LogP contribution is 2.30. The Kier molecular flexibility index (Phi) is 5.15. The number of aryl methyl sites for hydroxylation is 1. The van der Waals surface area contributed by atoms with E-state index in [0.29, 0.717) is 33.2 Å². The van der Waals surface area contributed by atoms with E-state index < -0.39 is 5.91 Å². The summed E-state index contributed by atoms with van der Waals surface area (Å²) in [5.41, 5.74) is 2.82. The monoisotopic (exact) mass is 459 g/mol. The van der Waals surface area contributed by atoms with Crippen LogP contribution in [0.2, 0.25) is 5.02 Å². The lowest BCUT2D eigenvalue weighted by Gasteiger charge is -2.02. The van der Waals surface area contributed by atoms with Crippen LogP contribution in [0.15, 0.2) is 75.6 Å². The molecule has 6 nitrogen and oxygen atoms in total. The summed E-state index contributed by atoms with van der Waals surface area (Å²) in [5.74, 6) is 0.462. The van der Waals surface area contributed by atoms with Gasteiger partial charge in [-0.2, -0.15) is 0 Å². The fourth-order valence-corrected chi connectivity index (χ4v) is 3.89. The molecular formula is C26H18ClNO5. The molecule has 1 amide bonds. The quantitative estimate of drug-likeness (QED) is 0.298. The maximum atomic E-state index is 13.0. The summed E-state index contributed by atoms with van der Waals surface area (Å²) in [6.07, 6.45) is 0. The second kappa shape index (κ2) is 8.15. The van der Waals surface area contributed by atoms with Crippen LogP contribution in [-0.4, -0.2) is 18.8 Å². The molecule has 0 aliphatic carbocycles. The SMILES string of the molecule is COc1ccc(C(=O)c2oc3cc(NC(=O)c4cc5cc(Cl)ccc5o4)ccc3c2C)cc1. The first kappa shape index (κ1) is 20.8. The molecule has 0 unspecified atom stereocenters. The van der Waals surface area contributed by atoms with Crippen molar-refractivity contribution >= 4 is 50.9 Å². The molecule has 0 fully saturated rings. The molecule has 0 radical (unpaired) electrons. The van der Waals surface area contributed by atoms with Gasteiger partial charge in [0.1, 0.15) is 16.9 Å². The molecular weight excluding hydrogens is 442 g/mol. The Balaban J connectivity index is 1.42. The van der Waals surface area contributed by atoms with Gasteiger partial charge in [-0.3, -0.25) is 9.59 Å². The predicted octanol–water partition coefficient (Wildman–Crippen LogP) is 6.63. The van der Waals surface area contributed by atoms with Gasteiger partial charge in [0.2, 0.25) is 5.78 Å². The van der Waals surface area contributed by atoms with Crippen LogP contribution in [0.1, 0.15) is 32.2 Å². The van der Waals surface area contributed by atoms with Gasteiger partial charge in [-0.05, 0) is 67.6 Å². The Morgan fingerprint density at radius 2 is 1.70 bits per heavy atom. The molecule has 5 aromatic rings. The first-order chi connectivity index (χ1) is 15.9. The zero-order chi connectivity index (χ0) is 23.1. The first-order valence-electron chi connectivity index (χ1n) is 10.2. The van der Waals surface area contributed by atoms with Crippen LogP contribution in [-0.2, 0) is 0 Å². The molecule has 164 valence electrons. The number of anilines is 1. The van der Waals surface area contributed by atoms with Gasteiger partial charge in [-0.25, -0.2) is 0 Å². The summed E-state index contributed by atoms with van der Waals surface area (Å²) < 4.78 is 16.7. The summed E-state index contributed by atoms with van der Waals surface area (Å²) in [6, 6.07) is 18.9. The molecule has 0 atom stereocenters. The lowest BCUT2D eigenvalue weighted by atomic mass is 10.0. The van der Waals surface area contributed by atoms with E-state index in [0.717, 1.165) is 16.3 Å². The predicted molar refractivity (Wildman–Crippen MR) is 127 cm³/mol. The Morgan fingerprint density at radius 1 is 0.909 bits per heavy atom. The minimum absolute atomic E-state index is 0.165. The molecule has 0 bridgehead atoms. The van der Waals surface area contributed by atoms with Crippen LogP contribution in [0.5, 0.6) is 5.75 Å². The van der Waals surface area contributed by atoms with E-state index in [2.05, 4.69) is 5.32 Å². The first-order valence-corrected chi connectivity index (χ1v) is 10.5. The number of furan rings is 2. The molecule has 0 saturated heterocycles. The fraction of sp³-hybridized carbons (Fsp3) is 0.0769. The van der Waals surface area contributed by atoms with Gasteiger partial charge >= 0.3 is 0 Å². The molecule has 0 saturated carbocycles. The van der Waals surface area contributed by atoms with Crippen molar-refractivity contribution in [3.63, 3.8) is 0 Å². The maximum absolute atomic E-state index is 13.0. The number of carbonyl (C=O) groups excluding carboxylic acids is 2. The van der Waals surface area contributed by atoms with Gasteiger partial charge in [0.15, 0.2) is 11.5 Å². The molecule has 2 aromatic heterocycles. The second-order valence-electron chi connectivity index (χ2n) is 7.57. The number of ether oxygens (including phenoxy) is 1. The number of nitrogens with one attached hydrogen (secondary N) is 1. The van der Waals surface area contributed by atoms with Crippen molar-refractivity contribution in [2.75, 3.05) is 12.4 Å². The Labute approximate surface area is 193 Å². The normalized spacial score (nSPS) is 11.1. The number of amides is 1. The van der Waals surface area contributed by atoms with Crippen molar-refractivity contribution in [1.82, 2.24) is 0 Å². The van der Waals surface area contributed by atoms with E-state index >= 15 is 0 Å². The Bertz CT molecular complexity index is 1530. The van der Waals surface area contributed by atoms with E-state index in [1.54, 1.807) is 67.8 Å². The van der Waals surface area contributed by atoms with Crippen molar-refractivity contribution in [1.29, 1.82) is 0 Å².